The molecule has 248 valence electrons. The molecule has 1 aliphatic carbocycles. The molecule has 2 aromatic carbocycles. The van der Waals surface area contributed by atoms with Gasteiger partial charge in [-0.2, -0.15) is 4.39 Å². The minimum absolute atomic E-state index is 0.111. The van der Waals surface area contributed by atoms with Gasteiger partial charge in [0.05, 0.1) is 30.9 Å². The Balaban J connectivity index is 0.955. The van der Waals surface area contributed by atoms with Crippen molar-refractivity contribution in [3.63, 3.8) is 0 Å². The maximum Gasteiger partial charge on any atom is 0.255 e. The van der Waals surface area contributed by atoms with Crippen LogP contribution in [-0.2, 0) is 11.3 Å². The molecule has 4 N–H and O–H groups in total. The number of aliphatic hydroxyl groups excluding tert-OH is 1. The number of carbonyl (C=O) groups is 1. The number of nitrogens with two attached hydrogens (primary N) is 1. The Morgan fingerprint density at radius 1 is 0.917 bits per heavy atom. The fourth-order valence-corrected chi connectivity index (χ4v) is 7.12. The third-order valence-corrected chi connectivity index (χ3v) is 9.83. The van der Waals surface area contributed by atoms with Crippen molar-refractivity contribution in [1.82, 2.24) is 24.8 Å². The van der Waals surface area contributed by atoms with E-state index < -0.39 is 5.95 Å². The monoisotopic (exact) mass is 648 g/mol. The van der Waals surface area contributed by atoms with E-state index in [1.165, 1.54) is 28.7 Å². The van der Waals surface area contributed by atoms with Gasteiger partial charge in [-0.15, -0.1) is 0 Å². The number of β-amino-alcohol motifs (C(OH)–C–C–N with tert-alkyl or cyclic N) is 1. The number of nitrogens with one attached hydrogen (secondary N) is 1. The molecule has 0 radical (unpaired) electrons. The SMILES string of the molecule is Nc1ncc(-c2ccc(F)nc2)cc1C(=O)N[C@H]1CCC[C@@H]1OCc1ccc(-c2ccc3c(ccn3C3CCN(CCO)CC3)c2)cc1. The summed E-state index contributed by atoms with van der Waals surface area (Å²) < 4.78 is 22.0. The number of hydrogen-bond acceptors (Lipinski definition) is 7. The first-order chi connectivity index (χ1) is 23.4. The van der Waals surface area contributed by atoms with Crippen molar-refractivity contribution in [2.45, 2.75) is 56.9 Å². The summed E-state index contributed by atoms with van der Waals surface area (Å²) >= 11 is 0. The lowest BCUT2D eigenvalue weighted by Gasteiger charge is -2.32. The largest absolute Gasteiger partial charge is 0.395 e. The predicted octanol–water partition coefficient (Wildman–Crippen LogP) is 5.98. The lowest BCUT2D eigenvalue weighted by atomic mass is 10.0. The molecule has 0 unspecified atom stereocenters. The maximum absolute atomic E-state index is 13.3. The summed E-state index contributed by atoms with van der Waals surface area (Å²) in [5, 5.41) is 13.6. The second-order valence-corrected chi connectivity index (χ2v) is 12.9. The molecule has 1 aliphatic heterocycles. The molecule has 7 rings (SSSR count). The second kappa shape index (κ2) is 14.2. The van der Waals surface area contributed by atoms with Gasteiger partial charge in [0, 0.05) is 66.3 Å². The summed E-state index contributed by atoms with van der Waals surface area (Å²) in [6, 6.07) is 22.3. The number of hydrogen-bond donors (Lipinski definition) is 3. The van der Waals surface area contributed by atoms with E-state index in [1.807, 2.05) is 0 Å². The number of likely N-dealkylation sites (tertiary alicyclic amines) is 1. The standard InChI is InChI=1S/C38H41FN6O3/c39-36-11-9-29(22-41-36)30-21-32(37(40)42-23-30)38(47)43-33-2-1-3-35(33)48-24-25-4-6-26(7-5-25)27-8-10-34-28(20-27)12-17-45(34)31-13-15-44(16-14-31)18-19-46/h4-12,17,20-23,31,33,35,46H,1-3,13-16,18-19,24H2,(H2,40,42)(H,43,47)/t33-,35-/m0/s1. The summed E-state index contributed by atoms with van der Waals surface area (Å²) in [6.45, 7) is 3.48. The number of halogens is 1. The summed E-state index contributed by atoms with van der Waals surface area (Å²) in [6.07, 6.45) is 9.89. The van der Waals surface area contributed by atoms with Crippen LogP contribution in [0, 0.1) is 5.95 Å². The van der Waals surface area contributed by atoms with Crippen molar-refractivity contribution in [3.8, 4) is 22.3 Å². The van der Waals surface area contributed by atoms with Gasteiger partial charge < -0.3 is 30.4 Å². The highest BCUT2D eigenvalue weighted by Gasteiger charge is 2.30. The summed E-state index contributed by atoms with van der Waals surface area (Å²) in [4.78, 5) is 23.5. The average molecular weight is 649 g/mol. The van der Waals surface area contributed by atoms with Crippen molar-refractivity contribution in [2.75, 3.05) is 32.0 Å². The molecule has 2 aliphatic rings. The van der Waals surface area contributed by atoms with Crippen LogP contribution in [0.3, 0.4) is 0 Å². The molecule has 0 spiro atoms. The molecule has 48 heavy (non-hydrogen) atoms. The number of piperidine rings is 1. The maximum atomic E-state index is 13.3. The molecule has 4 heterocycles. The van der Waals surface area contributed by atoms with Gasteiger partial charge >= 0.3 is 0 Å². The Morgan fingerprint density at radius 3 is 2.46 bits per heavy atom. The molecule has 2 atom stereocenters. The number of pyridine rings is 2. The number of nitrogens with zero attached hydrogens (tertiary/aromatic N) is 4. The van der Waals surface area contributed by atoms with Gasteiger partial charge in [0.15, 0.2) is 0 Å². The van der Waals surface area contributed by atoms with Crippen LogP contribution in [0.2, 0.25) is 0 Å². The molecular formula is C38H41FN6O3. The zero-order chi connectivity index (χ0) is 33.0. The third-order valence-electron chi connectivity index (χ3n) is 9.83. The lowest BCUT2D eigenvalue weighted by molar-refractivity contribution is 0.0272. The van der Waals surface area contributed by atoms with E-state index in [-0.39, 0.29) is 36.0 Å². The van der Waals surface area contributed by atoms with Crippen LogP contribution in [0.4, 0.5) is 10.2 Å². The van der Waals surface area contributed by atoms with Crippen LogP contribution in [0.1, 0.15) is 54.1 Å². The highest BCUT2D eigenvalue weighted by atomic mass is 19.1. The Morgan fingerprint density at radius 2 is 1.69 bits per heavy atom. The number of amides is 1. The average Bonchev–Trinajstić information content (AvgIpc) is 3.75. The number of rotatable bonds is 10. The third kappa shape index (κ3) is 6.96. The van der Waals surface area contributed by atoms with E-state index in [4.69, 9.17) is 10.5 Å². The zero-order valence-electron chi connectivity index (χ0n) is 26.9. The van der Waals surface area contributed by atoms with E-state index in [0.29, 0.717) is 23.8 Å². The molecular weight excluding hydrogens is 607 g/mol. The number of aliphatic hydroxyl groups is 1. The van der Waals surface area contributed by atoms with E-state index in [0.717, 1.165) is 62.9 Å². The first-order valence-corrected chi connectivity index (χ1v) is 16.8. The van der Waals surface area contributed by atoms with Gasteiger partial charge in [-0.3, -0.25) is 4.79 Å². The summed E-state index contributed by atoms with van der Waals surface area (Å²) in [7, 11) is 0. The molecule has 9 nitrogen and oxygen atoms in total. The van der Waals surface area contributed by atoms with Gasteiger partial charge in [0.2, 0.25) is 5.95 Å². The second-order valence-electron chi connectivity index (χ2n) is 12.9. The molecule has 1 amide bonds. The number of aromatic nitrogens is 3. The van der Waals surface area contributed by atoms with Crippen LogP contribution < -0.4 is 11.1 Å². The molecule has 5 aromatic rings. The van der Waals surface area contributed by atoms with Gasteiger partial charge in [-0.1, -0.05) is 30.3 Å². The fraction of sp³-hybridized carbons (Fsp3) is 0.342. The van der Waals surface area contributed by atoms with Crippen LogP contribution in [0.25, 0.3) is 33.2 Å². The van der Waals surface area contributed by atoms with Crippen molar-refractivity contribution >= 4 is 22.6 Å². The van der Waals surface area contributed by atoms with Gasteiger partial charge in [-0.25, -0.2) is 9.97 Å². The Labute approximate surface area is 279 Å². The smallest absolute Gasteiger partial charge is 0.255 e. The number of benzene rings is 2. The number of fused-ring (bicyclic) bond motifs is 1. The Hall–Kier alpha value is -4.64. The first-order valence-electron chi connectivity index (χ1n) is 16.8. The Kier molecular flexibility index (Phi) is 9.47. The van der Waals surface area contributed by atoms with E-state index >= 15 is 0 Å². The highest BCUT2D eigenvalue weighted by molar-refractivity contribution is 5.99. The summed E-state index contributed by atoms with van der Waals surface area (Å²) in [5.74, 6) is -0.748. The van der Waals surface area contributed by atoms with Crippen LogP contribution in [0.5, 0.6) is 0 Å². The lowest BCUT2D eigenvalue weighted by Crippen LogP contribution is -2.41. The molecule has 1 saturated carbocycles. The number of nitrogen functional groups attached to an aromatic ring is 1. The molecule has 10 heteroatoms. The van der Waals surface area contributed by atoms with E-state index in [2.05, 4.69) is 79.5 Å². The van der Waals surface area contributed by atoms with Gasteiger partial charge in [0.25, 0.3) is 5.91 Å². The topological polar surface area (TPSA) is 119 Å². The van der Waals surface area contributed by atoms with Crippen molar-refractivity contribution in [1.29, 1.82) is 0 Å². The predicted molar refractivity (Wildman–Crippen MR) is 185 cm³/mol. The van der Waals surface area contributed by atoms with Crippen LogP contribution in [0.15, 0.2) is 85.3 Å². The fourth-order valence-electron chi connectivity index (χ4n) is 7.12. The van der Waals surface area contributed by atoms with Gasteiger partial charge in [0.1, 0.15) is 5.82 Å². The molecule has 0 bridgehead atoms. The number of anilines is 1. The number of ether oxygens (including phenoxy) is 1. The normalized spacial score (nSPS) is 18.8. The first kappa shape index (κ1) is 31.9. The number of carbonyl (C=O) groups excluding carboxylic acids is 1. The minimum atomic E-state index is -0.574. The van der Waals surface area contributed by atoms with Gasteiger partial charge in [-0.05, 0) is 85.2 Å². The minimum Gasteiger partial charge on any atom is -0.395 e. The van der Waals surface area contributed by atoms with Crippen molar-refractivity contribution < 1.29 is 19.0 Å². The van der Waals surface area contributed by atoms with E-state index in [1.54, 1.807) is 18.3 Å². The van der Waals surface area contributed by atoms with Crippen molar-refractivity contribution in [2.24, 2.45) is 0 Å². The summed E-state index contributed by atoms with van der Waals surface area (Å²) in [5.41, 5.74) is 12.3. The molecule has 3 aromatic heterocycles. The quantitative estimate of drug-likeness (QED) is 0.159. The van der Waals surface area contributed by atoms with Crippen LogP contribution in [-0.4, -0.2) is 68.8 Å². The van der Waals surface area contributed by atoms with Crippen LogP contribution >= 0.6 is 0 Å². The zero-order valence-corrected chi connectivity index (χ0v) is 26.9. The van der Waals surface area contributed by atoms with Crippen molar-refractivity contribution in [3.05, 3.63) is 102 Å². The highest BCUT2D eigenvalue weighted by Crippen LogP contribution is 2.31. The Bertz CT molecular complexity index is 1870. The molecule has 1 saturated heterocycles. The van der Waals surface area contributed by atoms with E-state index in [9.17, 15) is 14.3 Å². The molecule has 2 fully saturated rings.